The zero-order chi connectivity index (χ0) is 14.5. The lowest BCUT2D eigenvalue weighted by Crippen LogP contribution is -2.37. The lowest BCUT2D eigenvalue weighted by Gasteiger charge is -2.21. The van der Waals surface area contributed by atoms with Crippen molar-refractivity contribution in [2.45, 2.75) is 39.7 Å². The van der Waals surface area contributed by atoms with E-state index in [1.807, 2.05) is 39.1 Å². The molecule has 0 bridgehead atoms. The van der Waals surface area contributed by atoms with Crippen molar-refractivity contribution in [1.82, 2.24) is 10.6 Å². The topological polar surface area (TPSA) is 24.1 Å². The molecular weight excluding hydrogens is 232 g/mol. The average Bonchev–Trinajstić information content (AvgIpc) is 2.51. The quantitative estimate of drug-likeness (QED) is 0.850. The number of hydrogen-bond donors (Lipinski definition) is 2. The number of benzene rings is 1. The Bertz CT molecular complexity index is 328. The van der Waals surface area contributed by atoms with Gasteiger partial charge < -0.3 is 10.6 Å². The van der Waals surface area contributed by atoms with Gasteiger partial charge in [0.2, 0.25) is 0 Å². The van der Waals surface area contributed by atoms with E-state index in [0.717, 1.165) is 6.04 Å². The Hall–Kier alpha value is -1.12. The third-order valence-electron chi connectivity index (χ3n) is 3.16. The van der Waals surface area contributed by atoms with Crippen molar-refractivity contribution in [3.63, 3.8) is 0 Å². The lowest BCUT2D eigenvalue weighted by atomic mass is 10.1. The maximum Gasteiger partial charge on any atom is 0.00882 e. The van der Waals surface area contributed by atoms with E-state index in [1.165, 1.54) is 37.1 Å². The number of nitrogens with one attached hydrogen (secondary N) is 2. The highest BCUT2D eigenvalue weighted by molar-refractivity contribution is 5.50. The van der Waals surface area contributed by atoms with E-state index in [2.05, 4.69) is 36.3 Å². The molecule has 1 aliphatic rings. The molecule has 1 aromatic carbocycles. The van der Waals surface area contributed by atoms with Crippen LogP contribution in [0.1, 0.15) is 37.8 Å². The molecule has 108 valence electrons. The van der Waals surface area contributed by atoms with Crippen LogP contribution in [0.5, 0.6) is 0 Å². The van der Waals surface area contributed by atoms with Crippen LogP contribution in [0.4, 0.5) is 0 Å². The van der Waals surface area contributed by atoms with Crippen LogP contribution in [0, 0.1) is 6.92 Å². The van der Waals surface area contributed by atoms with Crippen LogP contribution in [-0.4, -0.2) is 26.2 Å². The predicted molar refractivity (Wildman–Crippen MR) is 87.6 cm³/mol. The maximum atomic E-state index is 3.69. The van der Waals surface area contributed by atoms with Crippen molar-refractivity contribution < 1.29 is 0 Å². The molecule has 1 aliphatic heterocycles. The summed E-state index contributed by atoms with van der Waals surface area (Å²) in [4.78, 5) is 0. The van der Waals surface area contributed by atoms with Crippen molar-refractivity contribution in [3.8, 4) is 0 Å². The fourth-order valence-electron chi connectivity index (χ4n) is 1.93. The molecule has 0 spiro atoms. The minimum absolute atomic E-state index is 0.774. The number of hydrogen-bond acceptors (Lipinski definition) is 2. The van der Waals surface area contributed by atoms with E-state index in [0.29, 0.717) is 0 Å². The van der Waals surface area contributed by atoms with Gasteiger partial charge in [0, 0.05) is 6.04 Å². The van der Waals surface area contributed by atoms with Gasteiger partial charge in [-0.1, -0.05) is 50.8 Å². The fraction of sp³-hybridized carbons (Fsp3) is 0.529. The standard InChI is InChI=1S/C9H10.C6H14N2.C2H6/c1-3-9-7-5-4-6-8(9)2;1-7-6-2-4-8-5-3-6;1-2/h3-7H,1H2,2H3;6-8H,2-5H2,1H3;1-2H3. The molecule has 0 aromatic heterocycles. The van der Waals surface area contributed by atoms with Crippen LogP contribution >= 0.6 is 0 Å². The molecule has 1 fully saturated rings. The Kier molecular flexibility index (Phi) is 11.2. The van der Waals surface area contributed by atoms with Crippen LogP contribution in [0.25, 0.3) is 6.08 Å². The first-order valence-corrected chi connectivity index (χ1v) is 7.34. The largest absolute Gasteiger partial charge is 0.317 e. The van der Waals surface area contributed by atoms with Crippen LogP contribution in [0.3, 0.4) is 0 Å². The van der Waals surface area contributed by atoms with Gasteiger partial charge in [-0.05, 0) is 51.0 Å². The van der Waals surface area contributed by atoms with Crippen molar-refractivity contribution in [2.75, 3.05) is 20.1 Å². The monoisotopic (exact) mass is 262 g/mol. The Morgan fingerprint density at radius 3 is 2.16 bits per heavy atom. The Labute approximate surface area is 119 Å². The first-order chi connectivity index (χ1) is 9.27. The summed E-state index contributed by atoms with van der Waals surface area (Å²) in [6.45, 7) is 12.1. The molecule has 2 nitrogen and oxygen atoms in total. The minimum Gasteiger partial charge on any atom is -0.317 e. The zero-order valence-corrected chi connectivity index (χ0v) is 13.0. The number of piperidine rings is 1. The zero-order valence-electron chi connectivity index (χ0n) is 13.0. The van der Waals surface area contributed by atoms with Gasteiger partial charge >= 0.3 is 0 Å². The van der Waals surface area contributed by atoms with E-state index in [1.54, 1.807) is 0 Å². The van der Waals surface area contributed by atoms with Gasteiger partial charge in [0.25, 0.3) is 0 Å². The summed E-state index contributed by atoms with van der Waals surface area (Å²) in [6, 6.07) is 8.96. The Morgan fingerprint density at radius 2 is 1.79 bits per heavy atom. The third kappa shape index (κ3) is 7.81. The molecule has 0 amide bonds. The molecule has 0 radical (unpaired) electrons. The molecule has 1 saturated heterocycles. The summed E-state index contributed by atoms with van der Waals surface area (Å²) in [6.07, 6.45) is 4.45. The molecule has 2 rings (SSSR count). The first kappa shape index (κ1) is 17.9. The summed E-state index contributed by atoms with van der Waals surface area (Å²) in [5, 5.41) is 6.57. The maximum absolute atomic E-state index is 3.69. The molecule has 0 saturated carbocycles. The summed E-state index contributed by atoms with van der Waals surface area (Å²) in [5.74, 6) is 0. The SMILES string of the molecule is C=Cc1ccccc1C.CC.CNC1CCNCC1. The molecule has 2 heteroatoms. The van der Waals surface area contributed by atoms with E-state index < -0.39 is 0 Å². The van der Waals surface area contributed by atoms with Crippen molar-refractivity contribution >= 4 is 6.08 Å². The Balaban J connectivity index is 0.000000303. The lowest BCUT2D eigenvalue weighted by molar-refractivity contribution is 0.409. The molecular formula is C17H30N2. The second kappa shape index (κ2) is 11.9. The average molecular weight is 262 g/mol. The van der Waals surface area contributed by atoms with Gasteiger partial charge in [0.15, 0.2) is 0 Å². The summed E-state index contributed by atoms with van der Waals surface area (Å²) < 4.78 is 0. The predicted octanol–water partition coefficient (Wildman–Crippen LogP) is 3.62. The summed E-state index contributed by atoms with van der Waals surface area (Å²) >= 11 is 0. The second-order valence-corrected chi connectivity index (χ2v) is 4.37. The molecule has 0 unspecified atom stereocenters. The van der Waals surface area contributed by atoms with Gasteiger partial charge in [-0.2, -0.15) is 0 Å². The molecule has 19 heavy (non-hydrogen) atoms. The molecule has 2 N–H and O–H groups in total. The fourth-order valence-corrected chi connectivity index (χ4v) is 1.93. The van der Waals surface area contributed by atoms with Crippen molar-refractivity contribution in [2.24, 2.45) is 0 Å². The molecule has 1 heterocycles. The van der Waals surface area contributed by atoms with Crippen LogP contribution < -0.4 is 10.6 Å². The molecule has 0 atom stereocenters. The number of aryl methyl sites for hydroxylation is 1. The van der Waals surface area contributed by atoms with Gasteiger partial charge in [0.1, 0.15) is 0 Å². The number of rotatable bonds is 2. The molecule has 0 aliphatic carbocycles. The van der Waals surface area contributed by atoms with Crippen molar-refractivity contribution in [1.29, 1.82) is 0 Å². The minimum atomic E-state index is 0.774. The highest BCUT2D eigenvalue weighted by Crippen LogP contribution is 2.06. The Morgan fingerprint density at radius 1 is 1.21 bits per heavy atom. The molecule has 1 aromatic rings. The highest BCUT2D eigenvalue weighted by atomic mass is 14.9. The van der Waals surface area contributed by atoms with E-state index >= 15 is 0 Å². The van der Waals surface area contributed by atoms with Gasteiger partial charge in [-0.15, -0.1) is 0 Å². The van der Waals surface area contributed by atoms with Crippen molar-refractivity contribution in [3.05, 3.63) is 42.0 Å². The second-order valence-electron chi connectivity index (χ2n) is 4.37. The normalized spacial score (nSPS) is 14.5. The van der Waals surface area contributed by atoms with Crippen LogP contribution in [-0.2, 0) is 0 Å². The summed E-state index contributed by atoms with van der Waals surface area (Å²) in [5.41, 5.74) is 2.50. The van der Waals surface area contributed by atoms with E-state index in [4.69, 9.17) is 0 Å². The van der Waals surface area contributed by atoms with Crippen LogP contribution in [0.15, 0.2) is 30.8 Å². The van der Waals surface area contributed by atoms with Crippen LogP contribution in [0.2, 0.25) is 0 Å². The smallest absolute Gasteiger partial charge is 0.00882 e. The highest BCUT2D eigenvalue weighted by Gasteiger charge is 2.08. The first-order valence-electron chi connectivity index (χ1n) is 7.34. The van der Waals surface area contributed by atoms with Gasteiger partial charge in [-0.3, -0.25) is 0 Å². The summed E-state index contributed by atoms with van der Waals surface area (Å²) in [7, 11) is 2.04. The van der Waals surface area contributed by atoms with E-state index in [-0.39, 0.29) is 0 Å². The third-order valence-corrected chi connectivity index (χ3v) is 3.16. The van der Waals surface area contributed by atoms with E-state index in [9.17, 15) is 0 Å². The van der Waals surface area contributed by atoms with Gasteiger partial charge in [0.05, 0.1) is 0 Å². The van der Waals surface area contributed by atoms with Gasteiger partial charge in [-0.25, -0.2) is 0 Å².